The van der Waals surface area contributed by atoms with E-state index in [-0.39, 0.29) is 0 Å². The van der Waals surface area contributed by atoms with E-state index in [1.807, 2.05) is 0 Å². The minimum absolute atomic E-state index is 0.401. The van der Waals surface area contributed by atoms with Gasteiger partial charge in [-0.2, -0.15) is 0 Å². The second-order valence-electron chi connectivity index (χ2n) is 4.85. The maximum Gasteiger partial charge on any atom is 0.0636 e. The van der Waals surface area contributed by atoms with Crippen molar-refractivity contribution in [2.24, 2.45) is 11.5 Å². The molecular formula is C13H30N2. The largest absolute Gasteiger partial charge is 0.313 e. The Morgan fingerprint density at radius 3 is 1.40 bits per heavy atom. The van der Waals surface area contributed by atoms with Crippen molar-refractivity contribution in [3.8, 4) is 0 Å². The third-order valence-corrected chi connectivity index (χ3v) is 2.99. The molecule has 0 aromatic rings. The van der Waals surface area contributed by atoms with Crippen LogP contribution in [0.2, 0.25) is 0 Å². The van der Waals surface area contributed by atoms with E-state index in [1.165, 1.54) is 51.4 Å². The molecule has 4 N–H and O–H groups in total. The SMILES string of the molecule is CCCCCCC(N)(N)CCCCCC. The second kappa shape index (κ2) is 9.17. The Hall–Kier alpha value is -0.0800. The lowest BCUT2D eigenvalue weighted by Crippen LogP contribution is -2.49. The summed E-state index contributed by atoms with van der Waals surface area (Å²) in [7, 11) is 0. The summed E-state index contributed by atoms with van der Waals surface area (Å²) in [6.45, 7) is 4.45. The first-order chi connectivity index (χ1) is 7.12. The van der Waals surface area contributed by atoms with Gasteiger partial charge < -0.3 is 11.5 Å². The number of nitrogens with two attached hydrogens (primary N) is 2. The number of hydrogen-bond acceptors (Lipinski definition) is 2. The van der Waals surface area contributed by atoms with Crippen LogP contribution in [0.3, 0.4) is 0 Å². The first kappa shape index (κ1) is 14.9. The second-order valence-corrected chi connectivity index (χ2v) is 4.85. The lowest BCUT2D eigenvalue weighted by Gasteiger charge is -2.24. The monoisotopic (exact) mass is 214 g/mol. The molecule has 0 saturated heterocycles. The average molecular weight is 214 g/mol. The van der Waals surface area contributed by atoms with Gasteiger partial charge in [0.05, 0.1) is 5.66 Å². The van der Waals surface area contributed by atoms with Gasteiger partial charge >= 0.3 is 0 Å². The summed E-state index contributed by atoms with van der Waals surface area (Å²) in [4.78, 5) is 0. The van der Waals surface area contributed by atoms with Gasteiger partial charge in [0.2, 0.25) is 0 Å². The van der Waals surface area contributed by atoms with E-state index >= 15 is 0 Å². The van der Waals surface area contributed by atoms with Gasteiger partial charge in [0.15, 0.2) is 0 Å². The third-order valence-electron chi connectivity index (χ3n) is 2.99. The van der Waals surface area contributed by atoms with Crippen LogP contribution in [0.5, 0.6) is 0 Å². The number of unbranched alkanes of at least 4 members (excludes halogenated alkanes) is 6. The fourth-order valence-electron chi connectivity index (χ4n) is 1.89. The van der Waals surface area contributed by atoms with E-state index in [2.05, 4.69) is 13.8 Å². The van der Waals surface area contributed by atoms with Crippen LogP contribution in [0, 0.1) is 0 Å². The van der Waals surface area contributed by atoms with Gasteiger partial charge in [0, 0.05) is 0 Å². The molecule has 2 nitrogen and oxygen atoms in total. The molecule has 0 unspecified atom stereocenters. The van der Waals surface area contributed by atoms with E-state index in [0.29, 0.717) is 0 Å². The van der Waals surface area contributed by atoms with Crippen LogP contribution in [0.25, 0.3) is 0 Å². The number of hydrogen-bond donors (Lipinski definition) is 2. The van der Waals surface area contributed by atoms with Crippen molar-refractivity contribution in [3.05, 3.63) is 0 Å². The van der Waals surface area contributed by atoms with Crippen molar-refractivity contribution in [2.45, 2.75) is 83.7 Å². The highest BCUT2D eigenvalue weighted by Crippen LogP contribution is 2.15. The van der Waals surface area contributed by atoms with Gasteiger partial charge in [0.1, 0.15) is 0 Å². The smallest absolute Gasteiger partial charge is 0.0636 e. The van der Waals surface area contributed by atoms with Crippen molar-refractivity contribution >= 4 is 0 Å². The lowest BCUT2D eigenvalue weighted by molar-refractivity contribution is 0.347. The van der Waals surface area contributed by atoms with Crippen molar-refractivity contribution in [1.82, 2.24) is 0 Å². The highest BCUT2D eigenvalue weighted by molar-refractivity contribution is 4.76. The molecular weight excluding hydrogens is 184 g/mol. The quantitative estimate of drug-likeness (QED) is 0.432. The van der Waals surface area contributed by atoms with Crippen LogP contribution < -0.4 is 11.5 Å². The first-order valence-electron chi connectivity index (χ1n) is 6.70. The summed E-state index contributed by atoms with van der Waals surface area (Å²) in [6, 6.07) is 0. The van der Waals surface area contributed by atoms with Crippen molar-refractivity contribution in [2.75, 3.05) is 0 Å². The first-order valence-corrected chi connectivity index (χ1v) is 6.70. The minimum Gasteiger partial charge on any atom is -0.313 e. The standard InChI is InChI=1S/C13H30N2/c1-3-5-7-9-11-13(14,15)12-10-8-6-4-2/h3-12,14-15H2,1-2H3. The topological polar surface area (TPSA) is 52.0 Å². The van der Waals surface area contributed by atoms with Gasteiger partial charge in [-0.3, -0.25) is 0 Å². The average Bonchev–Trinajstić information content (AvgIpc) is 2.20. The zero-order valence-electron chi connectivity index (χ0n) is 10.7. The summed E-state index contributed by atoms with van der Waals surface area (Å²) in [6.07, 6.45) is 12.1. The van der Waals surface area contributed by atoms with Gasteiger partial charge in [-0.1, -0.05) is 65.2 Å². The van der Waals surface area contributed by atoms with Crippen LogP contribution in [-0.2, 0) is 0 Å². The van der Waals surface area contributed by atoms with Crippen molar-refractivity contribution in [3.63, 3.8) is 0 Å². The van der Waals surface area contributed by atoms with E-state index < -0.39 is 5.66 Å². The summed E-state index contributed by atoms with van der Waals surface area (Å²) in [5.74, 6) is 0. The van der Waals surface area contributed by atoms with Crippen molar-refractivity contribution in [1.29, 1.82) is 0 Å². The molecule has 0 saturated carbocycles. The van der Waals surface area contributed by atoms with Crippen molar-refractivity contribution < 1.29 is 0 Å². The molecule has 0 spiro atoms. The molecule has 0 fully saturated rings. The zero-order valence-corrected chi connectivity index (χ0v) is 10.7. The van der Waals surface area contributed by atoms with E-state index in [4.69, 9.17) is 11.5 Å². The van der Waals surface area contributed by atoms with Crippen LogP contribution in [0.1, 0.15) is 78.1 Å². The normalized spacial score (nSPS) is 12.0. The van der Waals surface area contributed by atoms with Gasteiger partial charge in [-0.15, -0.1) is 0 Å². The maximum absolute atomic E-state index is 6.06. The molecule has 0 aliphatic carbocycles. The summed E-state index contributed by atoms with van der Waals surface area (Å²) in [5.41, 5.74) is 11.7. The predicted octanol–water partition coefficient (Wildman–Crippen LogP) is 3.54. The maximum atomic E-state index is 6.06. The minimum atomic E-state index is -0.401. The molecule has 92 valence electrons. The predicted molar refractivity (Wildman–Crippen MR) is 68.6 cm³/mol. The highest BCUT2D eigenvalue weighted by atomic mass is 14.9. The van der Waals surface area contributed by atoms with E-state index in [1.54, 1.807) is 0 Å². The Morgan fingerprint density at radius 2 is 1.07 bits per heavy atom. The Kier molecular flexibility index (Phi) is 9.12. The molecule has 0 radical (unpaired) electrons. The molecule has 0 atom stereocenters. The lowest BCUT2D eigenvalue weighted by atomic mass is 9.96. The molecule has 0 bridgehead atoms. The summed E-state index contributed by atoms with van der Waals surface area (Å²) < 4.78 is 0. The van der Waals surface area contributed by atoms with Crippen LogP contribution in [0.4, 0.5) is 0 Å². The Balaban J connectivity index is 3.40. The molecule has 0 aliphatic rings. The molecule has 0 aliphatic heterocycles. The zero-order chi connectivity index (χ0) is 11.6. The Morgan fingerprint density at radius 1 is 0.667 bits per heavy atom. The third kappa shape index (κ3) is 10.2. The van der Waals surface area contributed by atoms with Gasteiger partial charge in [0.25, 0.3) is 0 Å². The summed E-state index contributed by atoms with van der Waals surface area (Å²) >= 11 is 0. The molecule has 0 heterocycles. The molecule has 0 rings (SSSR count). The van der Waals surface area contributed by atoms with Crippen LogP contribution in [0.15, 0.2) is 0 Å². The molecule has 0 amide bonds. The van der Waals surface area contributed by atoms with Crippen LogP contribution in [-0.4, -0.2) is 5.66 Å². The Labute approximate surface area is 95.8 Å². The van der Waals surface area contributed by atoms with Gasteiger partial charge in [-0.25, -0.2) is 0 Å². The van der Waals surface area contributed by atoms with E-state index in [9.17, 15) is 0 Å². The summed E-state index contributed by atoms with van der Waals surface area (Å²) in [5, 5.41) is 0. The van der Waals surface area contributed by atoms with Crippen LogP contribution >= 0.6 is 0 Å². The molecule has 2 heteroatoms. The fraction of sp³-hybridized carbons (Fsp3) is 1.00. The Bertz CT molecular complexity index is 118. The van der Waals surface area contributed by atoms with Gasteiger partial charge in [-0.05, 0) is 12.8 Å². The molecule has 15 heavy (non-hydrogen) atoms. The molecule has 0 aromatic heterocycles. The number of rotatable bonds is 10. The molecule has 0 aromatic carbocycles. The highest BCUT2D eigenvalue weighted by Gasteiger charge is 2.17. The van der Waals surface area contributed by atoms with E-state index in [0.717, 1.165) is 12.8 Å². The fourth-order valence-corrected chi connectivity index (χ4v) is 1.89.